The zero-order chi connectivity index (χ0) is 8.32. The van der Waals surface area contributed by atoms with Crippen molar-refractivity contribution in [2.45, 2.75) is 19.8 Å². The van der Waals surface area contributed by atoms with Gasteiger partial charge in [0.1, 0.15) is 0 Å². The minimum absolute atomic E-state index is 0.433. The molecular formula is C8H13NO2. The number of carboxylic acid groups (broad SMARTS) is 1. The molecule has 1 fully saturated rings. The lowest BCUT2D eigenvalue weighted by molar-refractivity contribution is -0.131. The van der Waals surface area contributed by atoms with Gasteiger partial charge in [0.2, 0.25) is 0 Å². The summed E-state index contributed by atoms with van der Waals surface area (Å²) >= 11 is 0. The van der Waals surface area contributed by atoms with E-state index in [0.29, 0.717) is 5.41 Å². The van der Waals surface area contributed by atoms with Gasteiger partial charge in [0.05, 0.1) is 0 Å². The third-order valence-corrected chi connectivity index (χ3v) is 1.98. The molecule has 0 aromatic rings. The number of hydrogen-bond acceptors (Lipinski definition) is 2. The summed E-state index contributed by atoms with van der Waals surface area (Å²) in [5, 5.41) is 11.2. The van der Waals surface area contributed by atoms with Crippen LogP contribution in [-0.4, -0.2) is 17.6 Å². The summed E-state index contributed by atoms with van der Waals surface area (Å²) in [7, 11) is 0. The average Bonchev–Trinajstić information content (AvgIpc) is 2.62. The molecule has 0 bridgehead atoms. The lowest BCUT2D eigenvalue weighted by Crippen LogP contribution is -2.16. The Labute approximate surface area is 66.1 Å². The van der Waals surface area contributed by atoms with Crippen molar-refractivity contribution in [3.8, 4) is 0 Å². The molecule has 3 heteroatoms. The summed E-state index contributed by atoms with van der Waals surface area (Å²) in [5.41, 5.74) is 0.433. The fourth-order valence-corrected chi connectivity index (χ4v) is 0.826. The van der Waals surface area contributed by atoms with Crippen LogP contribution in [0.3, 0.4) is 0 Å². The smallest absolute Gasteiger partial charge is 0.329 e. The molecule has 0 spiro atoms. The second-order valence-corrected chi connectivity index (χ2v) is 3.36. The van der Waals surface area contributed by atoms with Gasteiger partial charge in [-0.3, -0.25) is 0 Å². The Morgan fingerprint density at radius 1 is 1.73 bits per heavy atom. The minimum atomic E-state index is -0.904. The van der Waals surface area contributed by atoms with Crippen molar-refractivity contribution in [1.82, 2.24) is 5.32 Å². The van der Waals surface area contributed by atoms with Crippen LogP contribution in [0, 0.1) is 5.41 Å². The standard InChI is InChI=1S/C8H13NO2/c1-8(3-4-8)6-9-5-2-7(10)11/h2,5,9H,3-4,6H2,1H3,(H,10,11)/b5-2+. The Balaban J connectivity index is 2.08. The third kappa shape index (κ3) is 3.07. The highest BCUT2D eigenvalue weighted by molar-refractivity contribution is 5.79. The molecule has 1 rings (SSSR count). The molecule has 0 aromatic heterocycles. The highest BCUT2D eigenvalue weighted by atomic mass is 16.4. The topological polar surface area (TPSA) is 49.3 Å². The minimum Gasteiger partial charge on any atom is -0.478 e. The van der Waals surface area contributed by atoms with E-state index in [1.54, 1.807) is 0 Å². The predicted octanol–water partition coefficient (Wildman–Crippen LogP) is 0.974. The molecule has 1 saturated carbocycles. The summed E-state index contributed by atoms with van der Waals surface area (Å²) in [6.45, 7) is 3.07. The van der Waals surface area contributed by atoms with Crippen LogP contribution < -0.4 is 5.32 Å². The van der Waals surface area contributed by atoms with E-state index in [-0.39, 0.29) is 0 Å². The largest absolute Gasteiger partial charge is 0.478 e. The van der Waals surface area contributed by atoms with Crippen LogP contribution in [0.5, 0.6) is 0 Å². The van der Waals surface area contributed by atoms with Crippen LogP contribution in [0.4, 0.5) is 0 Å². The maximum Gasteiger partial charge on any atom is 0.329 e. The van der Waals surface area contributed by atoms with Gasteiger partial charge in [-0.1, -0.05) is 6.92 Å². The molecule has 11 heavy (non-hydrogen) atoms. The van der Waals surface area contributed by atoms with Crippen LogP contribution in [0.15, 0.2) is 12.3 Å². The summed E-state index contributed by atoms with van der Waals surface area (Å²) < 4.78 is 0. The van der Waals surface area contributed by atoms with E-state index >= 15 is 0 Å². The first-order chi connectivity index (χ1) is 5.12. The van der Waals surface area contributed by atoms with E-state index in [1.807, 2.05) is 0 Å². The molecule has 0 atom stereocenters. The fourth-order valence-electron chi connectivity index (χ4n) is 0.826. The number of nitrogens with one attached hydrogen (secondary N) is 1. The summed E-state index contributed by atoms with van der Waals surface area (Å²) in [5.74, 6) is -0.904. The van der Waals surface area contributed by atoms with Crippen LogP contribution in [0.25, 0.3) is 0 Å². The Hall–Kier alpha value is -0.990. The summed E-state index contributed by atoms with van der Waals surface area (Å²) in [4.78, 5) is 10.0. The zero-order valence-corrected chi connectivity index (χ0v) is 6.63. The van der Waals surface area contributed by atoms with Gasteiger partial charge in [-0.25, -0.2) is 4.79 Å². The lowest BCUT2D eigenvalue weighted by Gasteiger charge is -2.05. The Morgan fingerprint density at radius 2 is 2.36 bits per heavy atom. The van der Waals surface area contributed by atoms with E-state index < -0.39 is 5.97 Å². The zero-order valence-electron chi connectivity index (χ0n) is 6.63. The first-order valence-corrected chi connectivity index (χ1v) is 3.75. The van der Waals surface area contributed by atoms with E-state index in [9.17, 15) is 4.79 Å². The van der Waals surface area contributed by atoms with Crippen molar-refractivity contribution in [3.63, 3.8) is 0 Å². The average molecular weight is 155 g/mol. The van der Waals surface area contributed by atoms with Crippen molar-refractivity contribution in [1.29, 1.82) is 0 Å². The van der Waals surface area contributed by atoms with Crippen molar-refractivity contribution in [3.05, 3.63) is 12.3 Å². The van der Waals surface area contributed by atoms with Crippen molar-refractivity contribution < 1.29 is 9.90 Å². The first kappa shape index (κ1) is 8.11. The Morgan fingerprint density at radius 3 is 2.82 bits per heavy atom. The van der Waals surface area contributed by atoms with Crippen LogP contribution >= 0.6 is 0 Å². The van der Waals surface area contributed by atoms with Gasteiger partial charge in [-0.2, -0.15) is 0 Å². The number of aliphatic carboxylic acids is 1. The second-order valence-electron chi connectivity index (χ2n) is 3.36. The van der Waals surface area contributed by atoms with E-state index in [1.165, 1.54) is 19.0 Å². The normalized spacial score (nSPS) is 20.1. The van der Waals surface area contributed by atoms with Crippen LogP contribution in [-0.2, 0) is 4.79 Å². The van der Waals surface area contributed by atoms with Crippen molar-refractivity contribution in [2.24, 2.45) is 5.41 Å². The van der Waals surface area contributed by atoms with Gasteiger partial charge in [-0.05, 0) is 18.3 Å². The maximum atomic E-state index is 10.0. The van der Waals surface area contributed by atoms with E-state index in [0.717, 1.165) is 12.6 Å². The second kappa shape index (κ2) is 2.95. The highest BCUT2D eigenvalue weighted by Gasteiger charge is 2.36. The molecule has 0 radical (unpaired) electrons. The van der Waals surface area contributed by atoms with Crippen LogP contribution in [0.2, 0.25) is 0 Å². The molecular weight excluding hydrogens is 142 g/mol. The SMILES string of the molecule is CC1(CN/C=C/C(=O)O)CC1. The fraction of sp³-hybridized carbons (Fsp3) is 0.625. The predicted molar refractivity (Wildman–Crippen MR) is 42.1 cm³/mol. The number of hydrogen-bond donors (Lipinski definition) is 2. The first-order valence-electron chi connectivity index (χ1n) is 3.75. The van der Waals surface area contributed by atoms with Gasteiger partial charge in [-0.15, -0.1) is 0 Å². The lowest BCUT2D eigenvalue weighted by atomic mass is 10.1. The molecule has 0 aromatic carbocycles. The van der Waals surface area contributed by atoms with Gasteiger partial charge in [0.25, 0.3) is 0 Å². The monoisotopic (exact) mass is 155 g/mol. The number of rotatable bonds is 4. The maximum absolute atomic E-state index is 10.0. The molecule has 0 heterocycles. The Kier molecular flexibility index (Phi) is 2.17. The number of carboxylic acids is 1. The molecule has 2 N–H and O–H groups in total. The van der Waals surface area contributed by atoms with Crippen molar-refractivity contribution in [2.75, 3.05) is 6.54 Å². The quantitative estimate of drug-likeness (QED) is 0.595. The molecule has 1 aliphatic rings. The van der Waals surface area contributed by atoms with Gasteiger partial charge in [0, 0.05) is 18.8 Å². The summed E-state index contributed by atoms with van der Waals surface area (Å²) in [6, 6.07) is 0. The summed E-state index contributed by atoms with van der Waals surface area (Å²) in [6.07, 6.45) is 5.11. The van der Waals surface area contributed by atoms with Gasteiger partial charge < -0.3 is 10.4 Å². The highest BCUT2D eigenvalue weighted by Crippen LogP contribution is 2.43. The van der Waals surface area contributed by atoms with Gasteiger partial charge >= 0.3 is 5.97 Å². The molecule has 0 saturated heterocycles. The van der Waals surface area contributed by atoms with Crippen LogP contribution in [0.1, 0.15) is 19.8 Å². The third-order valence-electron chi connectivity index (χ3n) is 1.98. The van der Waals surface area contributed by atoms with E-state index in [4.69, 9.17) is 5.11 Å². The molecule has 0 amide bonds. The van der Waals surface area contributed by atoms with Gasteiger partial charge in [0.15, 0.2) is 0 Å². The molecule has 0 unspecified atom stereocenters. The molecule has 1 aliphatic carbocycles. The molecule has 3 nitrogen and oxygen atoms in total. The van der Waals surface area contributed by atoms with E-state index in [2.05, 4.69) is 12.2 Å². The molecule has 62 valence electrons. The van der Waals surface area contributed by atoms with Crippen molar-refractivity contribution >= 4 is 5.97 Å². The number of carbonyl (C=O) groups is 1. The Bertz CT molecular complexity index is 183. The molecule has 0 aliphatic heterocycles.